The highest BCUT2D eigenvalue weighted by molar-refractivity contribution is 6.33. The van der Waals surface area contributed by atoms with Crippen LogP contribution in [0.5, 0.6) is 11.5 Å². The summed E-state index contributed by atoms with van der Waals surface area (Å²) in [7, 11) is 2.96. The molecule has 4 aromatic carbocycles. The molecule has 19 heteroatoms. The maximum Gasteiger partial charge on any atom is 0.302 e. The molecule has 3 N–H and O–H groups in total. The maximum absolute atomic E-state index is 13.2. The van der Waals surface area contributed by atoms with E-state index in [1.165, 1.54) is 71.4 Å². The van der Waals surface area contributed by atoms with Crippen LogP contribution in [-0.2, 0) is 41.8 Å². The highest BCUT2D eigenvalue weighted by atomic mass is 35.5. The van der Waals surface area contributed by atoms with Crippen molar-refractivity contribution in [2.45, 2.75) is 45.9 Å². The molecule has 0 aromatic heterocycles. The lowest BCUT2D eigenvalue weighted by Crippen LogP contribution is -2.56. The van der Waals surface area contributed by atoms with Crippen molar-refractivity contribution < 1.29 is 52.1 Å². The van der Waals surface area contributed by atoms with Gasteiger partial charge in [-0.05, 0) is 71.8 Å². The number of carbonyl (C=O) groups is 5. The first-order valence-corrected chi connectivity index (χ1v) is 22.7. The van der Waals surface area contributed by atoms with Gasteiger partial charge in [0.25, 0.3) is 0 Å². The molecule has 0 unspecified atom stereocenters. The van der Waals surface area contributed by atoms with Gasteiger partial charge in [0.05, 0.1) is 43.0 Å². The van der Waals surface area contributed by atoms with Crippen molar-refractivity contribution in [2.24, 2.45) is 0 Å². The van der Waals surface area contributed by atoms with E-state index in [1.807, 2.05) is 0 Å². The van der Waals surface area contributed by atoms with Crippen LogP contribution in [-0.4, -0.2) is 133 Å². The molecule has 368 valence electrons. The Morgan fingerprint density at radius 3 is 1.43 bits per heavy atom. The number of amides is 4. The molecule has 0 bridgehead atoms. The number of carbonyl (C=O) groups excluding carboxylic acids is 5. The zero-order valence-corrected chi connectivity index (χ0v) is 40.5. The van der Waals surface area contributed by atoms with E-state index in [9.17, 15) is 37.9 Å². The number of aliphatic hydroxyl groups is 1. The first-order chi connectivity index (χ1) is 33.0. The zero-order chi connectivity index (χ0) is 50.2. The fourth-order valence-electron chi connectivity index (χ4n) is 7.75. The number of esters is 1. The van der Waals surface area contributed by atoms with Crippen LogP contribution in [0.1, 0.15) is 43.0 Å². The number of methoxy groups -OCH3 is 2. The summed E-state index contributed by atoms with van der Waals surface area (Å²) < 4.78 is 42.1. The summed E-state index contributed by atoms with van der Waals surface area (Å²) in [4.78, 5) is 68.2. The quantitative estimate of drug-likeness (QED) is 0.0837. The largest absolute Gasteiger partial charge is 0.495 e. The van der Waals surface area contributed by atoms with Crippen LogP contribution in [0, 0.1) is 11.6 Å². The minimum atomic E-state index is -0.429. The van der Waals surface area contributed by atoms with Crippen LogP contribution in [0.15, 0.2) is 84.9 Å². The predicted molar refractivity (Wildman–Crippen MR) is 261 cm³/mol. The average molecular weight is 994 g/mol. The summed E-state index contributed by atoms with van der Waals surface area (Å²) in [6.07, 6.45) is 5.99. The summed E-state index contributed by atoms with van der Waals surface area (Å²) in [5, 5.41) is 15.9. The Bertz CT molecular complexity index is 2510. The van der Waals surface area contributed by atoms with Crippen LogP contribution < -0.4 is 20.1 Å². The number of halogens is 4. The number of nitrogens with one attached hydrogen (secondary N) is 2. The molecule has 2 heterocycles. The molecule has 69 heavy (non-hydrogen) atoms. The van der Waals surface area contributed by atoms with E-state index >= 15 is 0 Å². The third kappa shape index (κ3) is 16.1. The number of hydrogen-bond donors (Lipinski definition) is 3. The number of ether oxygens (including phenoxy) is 3. The average Bonchev–Trinajstić information content (AvgIpc) is 3.31. The van der Waals surface area contributed by atoms with Crippen molar-refractivity contribution in [3.8, 4) is 11.5 Å². The van der Waals surface area contributed by atoms with Gasteiger partial charge in [-0.15, -0.1) is 0 Å². The lowest BCUT2D eigenvalue weighted by molar-refractivity contribution is -0.147. The monoisotopic (exact) mass is 992 g/mol. The molecule has 0 radical (unpaired) electrons. The van der Waals surface area contributed by atoms with E-state index < -0.39 is 5.97 Å². The van der Waals surface area contributed by atoms with Gasteiger partial charge in [0.2, 0.25) is 23.6 Å². The van der Waals surface area contributed by atoms with Gasteiger partial charge in [-0.3, -0.25) is 33.8 Å². The molecule has 2 aliphatic heterocycles. The number of aliphatic hydroxyl groups excluding tert-OH is 1. The highest BCUT2D eigenvalue weighted by Crippen LogP contribution is 2.33. The van der Waals surface area contributed by atoms with Gasteiger partial charge in [0, 0.05) is 108 Å². The Kier molecular flexibility index (Phi) is 20.1. The summed E-state index contributed by atoms with van der Waals surface area (Å²) in [5.74, 6) is -1.26. The Labute approximate surface area is 410 Å². The zero-order valence-electron chi connectivity index (χ0n) is 39.0. The van der Waals surface area contributed by atoms with E-state index in [4.69, 9.17) is 37.4 Å². The normalized spacial score (nSPS) is 16.4. The Morgan fingerprint density at radius 1 is 0.652 bits per heavy atom. The first kappa shape index (κ1) is 53.6. The first-order valence-electron chi connectivity index (χ1n) is 21.9. The molecule has 0 spiro atoms. The second-order valence-corrected chi connectivity index (χ2v) is 17.1. The van der Waals surface area contributed by atoms with E-state index in [0.29, 0.717) is 96.4 Å². The second-order valence-electron chi connectivity index (χ2n) is 16.3. The molecule has 0 saturated carbocycles. The number of anilines is 2. The van der Waals surface area contributed by atoms with Crippen LogP contribution in [0.4, 0.5) is 20.2 Å². The predicted octanol–water partition coefficient (Wildman–Crippen LogP) is 6.90. The molecule has 2 fully saturated rings. The van der Waals surface area contributed by atoms with E-state index in [0.717, 1.165) is 11.1 Å². The lowest BCUT2D eigenvalue weighted by atomic mass is 10.1. The van der Waals surface area contributed by atoms with Crippen molar-refractivity contribution in [2.75, 3.05) is 77.3 Å². The molecule has 4 aromatic rings. The lowest BCUT2D eigenvalue weighted by Gasteiger charge is -2.40. The van der Waals surface area contributed by atoms with Gasteiger partial charge in [-0.25, -0.2) is 8.78 Å². The molecule has 4 amide bonds. The number of rotatable bonds is 15. The third-order valence-electron chi connectivity index (χ3n) is 11.1. The van der Waals surface area contributed by atoms with Crippen LogP contribution in [0.3, 0.4) is 0 Å². The molecular formula is C50H56Cl2F2N6O9. The van der Waals surface area contributed by atoms with Crippen LogP contribution >= 0.6 is 23.2 Å². The minimum Gasteiger partial charge on any atom is -0.495 e. The molecular weight excluding hydrogens is 937 g/mol. The van der Waals surface area contributed by atoms with Gasteiger partial charge in [-0.2, -0.15) is 0 Å². The van der Waals surface area contributed by atoms with Crippen LogP contribution in [0.2, 0.25) is 10.0 Å². The standard InChI is InChI=1S/C26H29ClFN3O5.C24H27ClFN3O4/c1-17(32)29-24-13-23(27)25(35-3)12-20(24)6-9-26(34)31-11-10-30(15-22(31)16-36-18(2)33)14-19-4-7-21(28)8-5-19;1-16(31)27-22-12-21(25)23(33-2)11-18(22)5-8-24(32)29-10-9-28(14-20(29)15-30)13-17-3-6-19(26)7-4-17/h4-9,12-13,22H,10-11,14-16H2,1-3H3,(H,29,32);3-8,11-12,20,30H,9-10,13-15H2,1-2H3,(H,27,31)/b9-6+;8-5+/t22-;20-/m00/s1. The number of piperazine rings is 2. The van der Waals surface area contributed by atoms with Crippen molar-refractivity contribution >= 4 is 76.3 Å². The van der Waals surface area contributed by atoms with Gasteiger partial charge >= 0.3 is 5.97 Å². The van der Waals surface area contributed by atoms with Gasteiger partial charge in [0.1, 0.15) is 29.7 Å². The highest BCUT2D eigenvalue weighted by Gasteiger charge is 2.31. The van der Waals surface area contributed by atoms with Crippen molar-refractivity contribution in [1.29, 1.82) is 0 Å². The van der Waals surface area contributed by atoms with Gasteiger partial charge in [0.15, 0.2) is 0 Å². The summed E-state index contributed by atoms with van der Waals surface area (Å²) in [6, 6.07) is 18.3. The molecule has 15 nitrogen and oxygen atoms in total. The molecule has 2 atom stereocenters. The number of hydrogen-bond acceptors (Lipinski definition) is 11. The van der Waals surface area contributed by atoms with Crippen LogP contribution in [0.25, 0.3) is 12.2 Å². The van der Waals surface area contributed by atoms with Crippen molar-refractivity contribution in [3.63, 3.8) is 0 Å². The molecule has 2 saturated heterocycles. The van der Waals surface area contributed by atoms with Crippen molar-refractivity contribution in [3.05, 3.63) is 129 Å². The smallest absolute Gasteiger partial charge is 0.302 e. The summed E-state index contributed by atoms with van der Waals surface area (Å²) >= 11 is 12.3. The molecule has 6 rings (SSSR count). The Morgan fingerprint density at radius 2 is 1.06 bits per heavy atom. The fraction of sp³-hybridized carbons (Fsp3) is 0.340. The van der Waals surface area contributed by atoms with Gasteiger partial charge in [-0.1, -0.05) is 47.5 Å². The second kappa shape index (κ2) is 25.8. The number of benzene rings is 4. The topological polar surface area (TPSA) is 170 Å². The fourth-order valence-corrected chi connectivity index (χ4v) is 8.23. The third-order valence-corrected chi connectivity index (χ3v) is 11.7. The SMILES string of the molecule is COc1cc(/C=C/C(=O)N2CCN(Cc3ccc(F)cc3)C[C@H]2CO)c(NC(C)=O)cc1Cl.COc1cc(/C=C/C(=O)N2CCN(Cc3ccc(F)cc3)C[C@H]2COC(C)=O)c(NC(C)=O)cc1Cl. The maximum atomic E-state index is 13.2. The summed E-state index contributed by atoms with van der Waals surface area (Å²) in [5.41, 5.74) is 3.93. The van der Waals surface area contributed by atoms with Gasteiger partial charge < -0.3 is 39.8 Å². The van der Waals surface area contributed by atoms with E-state index in [-0.39, 0.29) is 60.6 Å². The van der Waals surface area contributed by atoms with Crippen molar-refractivity contribution in [1.82, 2.24) is 19.6 Å². The summed E-state index contributed by atoms with van der Waals surface area (Å²) in [6.45, 7) is 8.22. The van der Waals surface area contributed by atoms with E-state index in [2.05, 4.69) is 20.4 Å². The number of nitrogens with zero attached hydrogens (tertiary/aromatic N) is 4. The molecule has 0 aliphatic carbocycles. The molecule has 2 aliphatic rings. The Balaban J connectivity index is 0.000000258. The van der Waals surface area contributed by atoms with E-state index in [1.54, 1.807) is 70.5 Å². The Hall–Kier alpha value is -6.37. The minimum absolute atomic E-state index is 0.0563.